The SMILES string of the molecule is Cc1ccc(-c2ccc3c(c2)N(S(=O)(=O)c2ccc4nc(C)sc4c2)CCS3(=O)=O)[nH]1. The largest absolute Gasteiger partial charge is 0.359 e. The summed E-state index contributed by atoms with van der Waals surface area (Å²) >= 11 is 1.42. The fourth-order valence-electron chi connectivity index (χ4n) is 3.81. The molecule has 0 saturated carbocycles. The summed E-state index contributed by atoms with van der Waals surface area (Å²) in [4.78, 5) is 7.73. The number of anilines is 1. The van der Waals surface area contributed by atoms with E-state index in [0.29, 0.717) is 0 Å². The van der Waals surface area contributed by atoms with Gasteiger partial charge < -0.3 is 4.98 Å². The Bertz CT molecular complexity index is 1550. The molecule has 0 bridgehead atoms. The number of nitrogens with zero attached hydrogens (tertiary/aromatic N) is 2. The van der Waals surface area contributed by atoms with Crippen LogP contribution in [-0.2, 0) is 19.9 Å². The third-order valence-corrected chi connectivity index (χ3v) is 9.80. The number of nitrogens with one attached hydrogen (secondary N) is 1. The molecule has 1 aliphatic rings. The number of hydrogen-bond acceptors (Lipinski definition) is 6. The Hall–Kier alpha value is -2.69. The molecule has 0 spiro atoms. The van der Waals surface area contributed by atoms with E-state index < -0.39 is 19.9 Å². The second-order valence-corrected chi connectivity index (χ2v) is 12.7. The standard InChI is InChI=1S/C21H19N3O4S3/c1-13-3-6-17(22-13)15-4-8-21-19(11-15)24(9-10-30(21,25)26)31(27,28)16-5-7-18-20(12-16)29-14(2)23-18/h3-8,11-12,22H,9-10H2,1-2H3. The summed E-state index contributed by atoms with van der Waals surface area (Å²) in [5.74, 6) is -0.262. The van der Waals surface area contributed by atoms with Crippen molar-refractivity contribution in [1.29, 1.82) is 0 Å². The number of aromatic amines is 1. The average Bonchev–Trinajstić information content (AvgIpc) is 3.31. The van der Waals surface area contributed by atoms with Crippen LogP contribution in [0, 0.1) is 13.8 Å². The van der Waals surface area contributed by atoms with Crippen molar-refractivity contribution in [2.24, 2.45) is 0 Å². The Labute approximate surface area is 184 Å². The predicted octanol–water partition coefficient (Wildman–Crippen LogP) is 3.89. The van der Waals surface area contributed by atoms with Gasteiger partial charge in [-0.2, -0.15) is 0 Å². The number of aryl methyl sites for hydroxylation is 2. The minimum Gasteiger partial charge on any atom is -0.359 e. The molecule has 31 heavy (non-hydrogen) atoms. The number of benzene rings is 2. The number of sulfonamides is 1. The zero-order chi connectivity index (χ0) is 22.0. The first kappa shape index (κ1) is 20.2. The molecular weight excluding hydrogens is 454 g/mol. The van der Waals surface area contributed by atoms with E-state index in [4.69, 9.17) is 0 Å². The smallest absolute Gasteiger partial charge is 0.264 e. The van der Waals surface area contributed by atoms with Gasteiger partial charge in [-0.3, -0.25) is 4.31 Å². The maximum atomic E-state index is 13.6. The van der Waals surface area contributed by atoms with E-state index in [9.17, 15) is 16.8 Å². The molecule has 160 valence electrons. The molecule has 10 heteroatoms. The number of rotatable bonds is 3. The zero-order valence-electron chi connectivity index (χ0n) is 16.8. The lowest BCUT2D eigenvalue weighted by Gasteiger charge is -2.30. The minimum atomic E-state index is -3.96. The van der Waals surface area contributed by atoms with Crippen LogP contribution < -0.4 is 4.31 Å². The maximum absolute atomic E-state index is 13.6. The molecule has 7 nitrogen and oxygen atoms in total. The van der Waals surface area contributed by atoms with Crippen LogP contribution in [0.15, 0.2) is 58.3 Å². The summed E-state index contributed by atoms with van der Waals surface area (Å²) in [6, 6.07) is 13.4. The second-order valence-electron chi connectivity index (χ2n) is 7.50. The van der Waals surface area contributed by atoms with Crippen molar-refractivity contribution in [2.45, 2.75) is 23.6 Å². The van der Waals surface area contributed by atoms with E-state index in [1.54, 1.807) is 24.3 Å². The number of sulfone groups is 1. The zero-order valence-corrected chi connectivity index (χ0v) is 19.2. The van der Waals surface area contributed by atoms with E-state index in [2.05, 4.69) is 9.97 Å². The molecule has 5 rings (SSSR count). The van der Waals surface area contributed by atoms with Gasteiger partial charge in [0.1, 0.15) is 0 Å². The second kappa shape index (κ2) is 6.91. The molecule has 0 fully saturated rings. The van der Waals surface area contributed by atoms with Crippen molar-refractivity contribution < 1.29 is 16.8 Å². The molecule has 1 aliphatic heterocycles. The summed E-state index contributed by atoms with van der Waals surface area (Å²) in [7, 11) is -7.53. The van der Waals surface area contributed by atoms with Crippen LogP contribution >= 0.6 is 11.3 Å². The fraction of sp³-hybridized carbons (Fsp3) is 0.190. The highest BCUT2D eigenvalue weighted by atomic mass is 32.2. The van der Waals surface area contributed by atoms with Crippen LogP contribution in [0.4, 0.5) is 5.69 Å². The Balaban J connectivity index is 1.67. The number of fused-ring (bicyclic) bond motifs is 2. The summed E-state index contributed by atoms with van der Waals surface area (Å²) in [6.45, 7) is 3.65. The first-order valence-electron chi connectivity index (χ1n) is 9.58. The van der Waals surface area contributed by atoms with Gasteiger partial charge in [-0.05, 0) is 56.3 Å². The molecule has 0 radical (unpaired) electrons. The quantitative estimate of drug-likeness (QED) is 0.487. The lowest BCUT2D eigenvalue weighted by molar-refractivity contribution is 0.584. The monoisotopic (exact) mass is 473 g/mol. The van der Waals surface area contributed by atoms with Gasteiger partial charge in [-0.25, -0.2) is 21.8 Å². The number of thiazole rings is 1. The fourth-order valence-corrected chi connectivity index (χ4v) is 7.83. The van der Waals surface area contributed by atoms with Crippen LogP contribution in [0.3, 0.4) is 0 Å². The minimum absolute atomic E-state index is 0.0315. The van der Waals surface area contributed by atoms with Gasteiger partial charge in [0.2, 0.25) is 0 Å². The molecule has 0 atom stereocenters. The molecule has 4 aromatic rings. The van der Waals surface area contributed by atoms with Crippen LogP contribution in [0.5, 0.6) is 0 Å². The van der Waals surface area contributed by atoms with Crippen molar-refractivity contribution in [1.82, 2.24) is 9.97 Å². The Morgan fingerprint density at radius 1 is 1.06 bits per heavy atom. The maximum Gasteiger partial charge on any atom is 0.264 e. The van der Waals surface area contributed by atoms with Gasteiger partial charge in [-0.1, -0.05) is 6.07 Å². The number of hydrogen-bond donors (Lipinski definition) is 1. The molecule has 2 aromatic carbocycles. The van der Waals surface area contributed by atoms with E-state index in [-0.39, 0.29) is 27.8 Å². The Kier molecular flexibility index (Phi) is 4.51. The summed E-state index contributed by atoms with van der Waals surface area (Å²) < 4.78 is 54.5. The first-order valence-corrected chi connectivity index (χ1v) is 13.5. The highest BCUT2D eigenvalue weighted by molar-refractivity contribution is 7.94. The summed E-state index contributed by atoms with van der Waals surface area (Å²) in [5, 5.41) is 0.852. The molecule has 2 aromatic heterocycles. The van der Waals surface area contributed by atoms with Crippen molar-refractivity contribution in [3.63, 3.8) is 0 Å². The molecule has 0 amide bonds. The average molecular weight is 474 g/mol. The van der Waals surface area contributed by atoms with Crippen LogP contribution in [0.2, 0.25) is 0 Å². The van der Waals surface area contributed by atoms with Gasteiger partial charge in [0.25, 0.3) is 10.0 Å². The third-order valence-electron chi connectivity index (χ3n) is 5.32. The van der Waals surface area contributed by atoms with Crippen molar-refractivity contribution in [3.8, 4) is 11.3 Å². The highest BCUT2D eigenvalue weighted by Gasteiger charge is 2.36. The van der Waals surface area contributed by atoms with E-state index in [1.807, 2.05) is 26.0 Å². The van der Waals surface area contributed by atoms with Crippen molar-refractivity contribution >= 4 is 47.1 Å². The van der Waals surface area contributed by atoms with Gasteiger partial charge >= 0.3 is 0 Å². The van der Waals surface area contributed by atoms with E-state index >= 15 is 0 Å². The Morgan fingerprint density at radius 2 is 1.87 bits per heavy atom. The molecule has 3 heterocycles. The van der Waals surface area contributed by atoms with Gasteiger partial charge in [0.05, 0.1) is 36.5 Å². The summed E-state index contributed by atoms with van der Waals surface area (Å²) in [6.07, 6.45) is 0. The summed E-state index contributed by atoms with van der Waals surface area (Å²) in [5.41, 5.74) is 3.39. The van der Waals surface area contributed by atoms with Crippen molar-refractivity contribution in [2.75, 3.05) is 16.6 Å². The normalized spacial score (nSPS) is 15.9. The lowest BCUT2D eigenvalue weighted by Crippen LogP contribution is -2.39. The third kappa shape index (κ3) is 3.35. The Morgan fingerprint density at radius 3 is 2.61 bits per heavy atom. The topological polar surface area (TPSA) is 100 Å². The molecule has 1 N–H and O–H groups in total. The molecular formula is C21H19N3O4S3. The van der Waals surface area contributed by atoms with Crippen LogP contribution in [0.1, 0.15) is 10.7 Å². The van der Waals surface area contributed by atoms with E-state index in [1.165, 1.54) is 27.8 Å². The van der Waals surface area contributed by atoms with Gasteiger partial charge in [0, 0.05) is 23.5 Å². The molecule has 0 saturated heterocycles. The van der Waals surface area contributed by atoms with Crippen molar-refractivity contribution in [3.05, 3.63) is 59.2 Å². The van der Waals surface area contributed by atoms with Gasteiger partial charge in [-0.15, -0.1) is 11.3 Å². The van der Waals surface area contributed by atoms with Crippen LogP contribution in [0.25, 0.3) is 21.5 Å². The molecule has 0 unspecified atom stereocenters. The van der Waals surface area contributed by atoms with E-state index in [0.717, 1.165) is 32.2 Å². The predicted molar refractivity (Wildman–Crippen MR) is 122 cm³/mol. The lowest BCUT2D eigenvalue weighted by atomic mass is 10.1. The van der Waals surface area contributed by atoms with Gasteiger partial charge in [0.15, 0.2) is 9.84 Å². The number of H-pyrrole nitrogens is 1. The highest BCUT2D eigenvalue weighted by Crippen LogP contribution is 2.38. The number of aromatic nitrogens is 2. The van der Waals surface area contributed by atoms with Crippen LogP contribution in [-0.4, -0.2) is 39.1 Å². The molecule has 0 aliphatic carbocycles. The first-order chi connectivity index (χ1) is 14.6.